The van der Waals surface area contributed by atoms with Gasteiger partial charge in [0, 0.05) is 18.6 Å². The summed E-state index contributed by atoms with van der Waals surface area (Å²) in [5.74, 6) is -0.312. The van der Waals surface area contributed by atoms with Crippen molar-refractivity contribution >= 4 is 11.5 Å². The molecule has 0 bridgehead atoms. The molecule has 0 aliphatic carbocycles. The third-order valence-electron chi connectivity index (χ3n) is 2.99. The third-order valence-corrected chi connectivity index (χ3v) is 2.99. The van der Waals surface area contributed by atoms with Crippen LogP contribution in [0.2, 0.25) is 0 Å². The molecular formula is C15H21NO4. The van der Waals surface area contributed by atoms with Gasteiger partial charge in [-0.1, -0.05) is 27.7 Å². The number of hydrogen-bond acceptors (Lipinski definition) is 4. The van der Waals surface area contributed by atoms with Gasteiger partial charge in [-0.15, -0.1) is 0 Å². The monoisotopic (exact) mass is 279 g/mol. The van der Waals surface area contributed by atoms with Gasteiger partial charge in [-0.3, -0.25) is 14.9 Å². The van der Waals surface area contributed by atoms with Gasteiger partial charge in [0.2, 0.25) is 0 Å². The minimum atomic E-state index is -0.575. The fourth-order valence-electron chi connectivity index (χ4n) is 2.40. The van der Waals surface area contributed by atoms with E-state index in [1.165, 1.54) is 12.1 Å². The Hall–Kier alpha value is -1.91. The molecule has 0 aromatic heterocycles. The summed E-state index contributed by atoms with van der Waals surface area (Å²) in [6.45, 7) is 8.26. The largest absolute Gasteiger partial charge is 0.507 e. The highest BCUT2D eigenvalue weighted by molar-refractivity contribution is 5.99. The van der Waals surface area contributed by atoms with E-state index in [1.807, 2.05) is 6.92 Å². The van der Waals surface area contributed by atoms with Crippen LogP contribution in [0.4, 0.5) is 5.69 Å². The van der Waals surface area contributed by atoms with Crippen LogP contribution in [0.25, 0.3) is 0 Å². The summed E-state index contributed by atoms with van der Waals surface area (Å²) in [7, 11) is 0. The second-order valence-electron chi connectivity index (χ2n) is 6.46. The molecule has 0 saturated heterocycles. The van der Waals surface area contributed by atoms with Crippen molar-refractivity contribution in [2.45, 2.75) is 40.5 Å². The molecule has 1 atom stereocenters. The van der Waals surface area contributed by atoms with E-state index in [0.29, 0.717) is 0 Å². The van der Waals surface area contributed by atoms with E-state index < -0.39 is 4.92 Å². The zero-order valence-electron chi connectivity index (χ0n) is 12.3. The minimum Gasteiger partial charge on any atom is -0.507 e. The zero-order valence-corrected chi connectivity index (χ0v) is 12.3. The number of rotatable bonds is 5. The van der Waals surface area contributed by atoms with Gasteiger partial charge in [0.05, 0.1) is 10.5 Å². The van der Waals surface area contributed by atoms with Crippen molar-refractivity contribution in [2.24, 2.45) is 11.3 Å². The molecule has 1 aromatic carbocycles. The number of phenols is 1. The van der Waals surface area contributed by atoms with Crippen LogP contribution in [0.1, 0.15) is 50.9 Å². The fraction of sp³-hybridized carbons (Fsp3) is 0.533. The van der Waals surface area contributed by atoms with Crippen molar-refractivity contribution in [1.82, 2.24) is 0 Å². The van der Waals surface area contributed by atoms with E-state index in [2.05, 4.69) is 20.8 Å². The van der Waals surface area contributed by atoms with E-state index in [0.717, 1.165) is 12.5 Å². The summed E-state index contributed by atoms with van der Waals surface area (Å²) in [6.07, 6.45) is 1.14. The first-order chi connectivity index (χ1) is 9.10. The number of hydrogen-bond donors (Lipinski definition) is 1. The highest BCUT2D eigenvalue weighted by Crippen LogP contribution is 2.29. The number of nitro groups is 1. The van der Waals surface area contributed by atoms with Gasteiger partial charge < -0.3 is 5.11 Å². The molecule has 0 radical (unpaired) electrons. The van der Waals surface area contributed by atoms with Gasteiger partial charge in [-0.25, -0.2) is 0 Å². The van der Waals surface area contributed by atoms with E-state index in [9.17, 15) is 20.0 Å². The van der Waals surface area contributed by atoms with Crippen LogP contribution in [-0.2, 0) is 0 Å². The minimum absolute atomic E-state index is 0.0277. The molecular weight excluding hydrogens is 258 g/mol. The first kappa shape index (κ1) is 16.1. The molecule has 0 saturated carbocycles. The maximum Gasteiger partial charge on any atom is 0.270 e. The van der Waals surface area contributed by atoms with Crippen LogP contribution in [0.5, 0.6) is 5.75 Å². The predicted molar refractivity (Wildman–Crippen MR) is 76.9 cm³/mol. The lowest BCUT2D eigenvalue weighted by Gasteiger charge is -2.22. The topological polar surface area (TPSA) is 80.4 Å². The number of carbonyl (C=O) groups is 1. The summed E-state index contributed by atoms with van der Waals surface area (Å²) < 4.78 is 0. The predicted octanol–water partition coefficient (Wildman–Crippen LogP) is 3.95. The highest BCUT2D eigenvalue weighted by Gasteiger charge is 2.21. The Kier molecular flexibility index (Phi) is 4.87. The molecule has 110 valence electrons. The fourth-order valence-corrected chi connectivity index (χ4v) is 2.40. The normalized spacial score (nSPS) is 13.0. The molecule has 0 amide bonds. The van der Waals surface area contributed by atoms with E-state index in [1.54, 1.807) is 0 Å². The van der Waals surface area contributed by atoms with Gasteiger partial charge in [0.15, 0.2) is 5.78 Å². The van der Waals surface area contributed by atoms with Gasteiger partial charge >= 0.3 is 0 Å². The maximum atomic E-state index is 12.2. The van der Waals surface area contributed by atoms with Crippen molar-refractivity contribution in [3.05, 3.63) is 33.9 Å². The van der Waals surface area contributed by atoms with Crippen LogP contribution in [0.3, 0.4) is 0 Å². The average molecular weight is 279 g/mol. The summed E-state index contributed by atoms with van der Waals surface area (Å²) in [5, 5.41) is 20.4. The van der Waals surface area contributed by atoms with E-state index in [-0.39, 0.29) is 40.5 Å². The van der Waals surface area contributed by atoms with E-state index in [4.69, 9.17) is 0 Å². The van der Waals surface area contributed by atoms with Crippen LogP contribution >= 0.6 is 0 Å². The number of non-ortho nitro benzene ring substituents is 1. The van der Waals surface area contributed by atoms with Gasteiger partial charge in [0.25, 0.3) is 5.69 Å². The number of ketones is 1. The summed E-state index contributed by atoms with van der Waals surface area (Å²) in [4.78, 5) is 22.3. The first-order valence-corrected chi connectivity index (χ1v) is 6.61. The third kappa shape index (κ3) is 4.64. The van der Waals surface area contributed by atoms with Crippen LogP contribution < -0.4 is 0 Å². The lowest BCUT2D eigenvalue weighted by molar-refractivity contribution is -0.384. The lowest BCUT2D eigenvalue weighted by atomic mass is 9.83. The Morgan fingerprint density at radius 1 is 1.40 bits per heavy atom. The summed E-state index contributed by atoms with van der Waals surface area (Å²) in [6, 6.07) is 3.52. The van der Waals surface area contributed by atoms with Crippen LogP contribution in [-0.4, -0.2) is 15.8 Å². The Morgan fingerprint density at radius 3 is 2.50 bits per heavy atom. The number of phenolic OH excluding ortho intramolecular Hbond substituents is 1. The second-order valence-corrected chi connectivity index (χ2v) is 6.46. The molecule has 5 nitrogen and oxygen atoms in total. The molecule has 20 heavy (non-hydrogen) atoms. The molecule has 0 heterocycles. The standard InChI is InChI=1S/C15H21NO4/c1-10(9-15(2,3)4)7-14(18)12-8-11(16(19)20)5-6-13(12)17/h5-6,8,10,17H,7,9H2,1-4H3. The number of aromatic hydroxyl groups is 1. The van der Waals surface area contributed by atoms with Gasteiger partial charge in [-0.05, 0) is 23.8 Å². The van der Waals surface area contributed by atoms with E-state index >= 15 is 0 Å². The maximum absolute atomic E-state index is 12.2. The quantitative estimate of drug-likeness (QED) is 0.503. The summed E-state index contributed by atoms with van der Waals surface area (Å²) >= 11 is 0. The molecule has 1 rings (SSSR count). The van der Waals surface area contributed by atoms with Crippen molar-refractivity contribution in [1.29, 1.82) is 0 Å². The number of nitrogens with zero attached hydrogens (tertiary/aromatic N) is 1. The van der Waals surface area contributed by atoms with Gasteiger partial charge in [0.1, 0.15) is 5.75 Å². The van der Waals surface area contributed by atoms with Crippen molar-refractivity contribution < 1.29 is 14.8 Å². The number of benzene rings is 1. The number of Topliss-reactive ketones (excluding diaryl/α,β-unsaturated/α-hetero) is 1. The molecule has 1 unspecified atom stereocenters. The second kappa shape index (κ2) is 6.03. The zero-order chi connectivity index (χ0) is 15.5. The molecule has 1 aromatic rings. The van der Waals surface area contributed by atoms with Gasteiger partial charge in [-0.2, -0.15) is 0 Å². The SMILES string of the molecule is CC(CC(=O)c1cc([N+](=O)[O-])ccc1O)CC(C)(C)C. The smallest absolute Gasteiger partial charge is 0.270 e. The molecule has 0 aliphatic heterocycles. The van der Waals surface area contributed by atoms with Crippen molar-refractivity contribution in [2.75, 3.05) is 0 Å². The Morgan fingerprint density at radius 2 is 2.00 bits per heavy atom. The molecule has 0 fully saturated rings. The average Bonchev–Trinajstić information content (AvgIpc) is 2.26. The molecule has 1 N–H and O–H groups in total. The summed E-state index contributed by atoms with van der Waals surface area (Å²) in [5.41, 5.74) is -0.0423. The highest BCUT2D eigenvalue weighted by atomic mass is 16.6. The molecule has 0 aliphatic rings. The Bertz CT molecular complexity index is 517. The Balaban J connectivity index is 2.87. The number of carbonyl (C=O) groups excluding carboxylic acids is 1. The van der Waals surface area contributed by atoms with Crippen molar-refractivity contribution in [3.8, 4) is 5.75 Å². The van der Waals surface area contributed by atoms with Crippen LogP contribution in [0, 0.1) is 21.4 Å². The first-order valence-electron chi connectivity index (χ1n) is 6.61. The van der Waals surface area contributed by atoms with Crippen LogP contribution in [0.15, 0.2) is 18.2 Å². The lowest BCUT2D eigenvalue weighted by Crippen LogP contribution is -2.14. The Labute approximate surface area is 118 Å². The molecule has 5 heteroatoms. The van der Waals surface area contributed by atoms with Crippen molar-refractivity contribution in [3.63, 3.8) is 0 Å². The number of nitro benzene ring substituents is 1. The molecule has 0 spiro atoms.